The summed E-state index contributed by atoms with van der Waals surface area (Å²) in [4.78, 5) is 55.0. The highest BCUT2D eigenvalue weighted by Crippen LogP contribution is 2.39. The molecule has 2 aromatic rings. The molecule has 2 aliphatic rings. The highest BCUT2D eigenvalue weighted by Gasteiger charge is 2.54. The van der Waals surface area contributed by atoms with Crippen LogP contribution < -0.4 is 10.2 Å². The van der Waals surface area contributed by atoms with Crippen molar-refractivity contribution in [3.8, 4) is 0 Å². The third kappa shape index (κ3) is 5.69. The van der Waals surface area contributed by atoms with Gasteiger partial charge in [0.2, 0.25) is 11.8 Å². The van der Waals surface area contributed by atoms with E-state index in [2.05, 4.69) is 10.2 Å². The highest BCUT2D eigenvalue weighted by molar-refractivity contribution is 5.97. The number of rotatable bonds is 8. The number of non-ortho nitro benzene ring substituents is 1. The minimum absolute atomic E-state index is 0.00508. The lowest BCUT2D eigenvalue weighted by Gasteiger charge is -2.43. The SMILES string of the molecule is CCC(C)NC(=O)CN1CN(c2ccccc2)C2(CCN(C(=O)C=Cc3ccc([N+](=O)[O-])cc3)CC2)C1=O. The summed E-state index contributed by atoms with van der Waals surface area (Å²) in [6, 6.07) is 15.7. The lowest BCUT2D eigenvalue weighted by molar-refractivity contribution is -0.384. The lowest BCUT2D eigenvalue weighted by atomic mass is 9.85. The van der Waals surface area contributed by atoms with Gasteiger partial charge >= 0.3 is 0 Å². The second-order valence-corrected chi connectivity index (χ2v) is 9.82. The van der Waals surface area contributed by atoms with Gasteiger partial charge in [-0.15, -0.1) is 0 Å². The number of benzene rings is 2. The van der Waals surface area contributed by atoms with Gasteiger partial charge < -0.3 is 20.0 Å². The largest absolute Gasteiger partial charge is 0.352 e. The fourth-order valence-electron chi connectivity index (χ4n) is 5.00. The van der Waals surface area contributed by atoms with Gasteiger partial charge in [0.15, 0.2) is 0 Å². The average molecular weight is 520 g/mol. The van der Waals surface area contributed by atoms with Crippen LogP contribution in [0.15, 0.2) is 60.7 Å². The van der Waals surface area contributed by atoms with Crippen LogP contribution in [0.25, 0.3) is 6.08 Å². The molecule has 4 rings (SSSR count). The van der Waals surface area contributed by atoms with E-state index in [1.54, 1.807) is 28.0 Å². The molecule has 1 spiro atoms. The van der Waals surface area contributed by atoms with Gasteiger partial charge in [0.25, 0.3) is 11.6 Å². The number of piperidine rings is 1. The molecule has 1 unspecified atom stereocenters. The molecule has 2 aliphatic heterocycles. The van der Waals surface area contributed by atoms with Crippen LogP contribution in [0, 0.1) is 10.1 Å². The molecule has 2 fully saturated rings. The van der Waals surface area contributed by atoms with E-state index in [1.807, 2.05) is 44.2 Å². The summed E-state index contributed by atoms with van der Waals surface area (Å²) in [5.74, 6) is -0.448. The van der Waals surface area contributed by atoms with Gasteiger partial charge in [-0.25, -0.2) is 0 Å². The Balaban J connectivity index is 1.46. The van der Waals surface area contributed by atoms with Crippen LogP contribution in [-0.4, -0.2) is 70.3 Å². The van der Waals surface area contributed by atoms with E-state index in [0.29, 0.717) is 38.2 Å². The van der Waals surface area contributed by atoms with Gasteiger partial charge in [-0.3, -0.25) is 24.5 Å². The van der Waals surface area contributed by atoms with Crippen LogP contribution in [0.2, 0.25) is 0 Å². The molecule has 1 atom stereocenters. The monoisotopic (exact) mass is 519 g/mol. The maximum atomic E-state index is 13.8. The van der Waals surface area contributed by atoms with Crippen LogP contribution in [-0.2, 0) is 14.4 Å². The normalized spacial score (nSPS) is 17.7. The maximum absolute atomic E-state index is 13.8. The second kappa shape index (κ2) is 11.5. The first-order valence-corrected chi connectivity index (χ1v) is 12.9. The van der Waals surface area contributed by atoms with E-state index in [-0.39, 0.29) is 36.0 Å². The number of para-hydroxylation sites is 1. The molecule has 0 bridgehead atoms. The summed E-state index contributed by atoms with van der Waals surface area (Å²) in [5.41, 5.74) is 0.760. The molecule has 1 N–H and O–H groups in total. The molecule has 200 valence electrons. The second-order valence-electron chi connectivity index (χ2n) is 9.82. The smallest absolute Gasteiger partial charge is 0.269 e. The fraction of sp³-hybridized carbons (Fsp3) is 0.393. The molecular weight excluding hydrogens is 486 g/mol. The number of nitro benzene ring substituents is 1. The molecule has 0 aliphatic carbocycles. The Labute approximate surface area is 222 Å². The summed E-state index contributed by atoms with van der Waals surface area (Å²) in [6.45, 7) is 5.02. The first-order valence-electron chi connectivity index (χ1n) is 12.9. The fourth-order valence-corrected chi connectivity index (χ4v) is 5.00. The van der Waals surface area contributed by atoms with Gasteiger partial charge in [0, 0.05) is 43.0 Å². The number of likely N-dealkylation sites (tertiary alicyclic amines) is 1. The van der Waals surface area contributed by atoms with Crippen LogP contribution in [0.3, 0.4) is 0 Å². The van der Waals surface area contributed by atoms with Crippen molar-refractivity contribution in [2.24, 2.45) is 0 Å². The van der Waals surface area contributed by atoms with Gasteiger partial charge in [-0.1, -0.05) is 25.1 Å². The standard InChI is InChI=1S/C28H33N5O5/c1-3-21(2)29-25(34)19-31-20-32(23-7-5-4-6-8-23)28(27(31)36)15-17-30(18-16-28)26(35)14-11-22-9-12-24(13-10-22)33(37)38/h4-14,21H,3,15-20H2,1-2H3,(H,29,34). The van der Waals surface area contributed by atoms with Crippen LogP contribution >= 0.6 is 0 Å². The van der Waals surface area contributed by atoms with Crippen molar-refractivity contribution in [3.05, 3.63) is 76.4 Å². The number of hydrogen-bond acceptors (Lipinski definition) is 6. The van der Waals surface area contributed by atoms with Crippen molar-refractivity contribution < 1.29 is 19.3 Å². The molecule has 10 nitrogen and oxygen atoms in total. The number of nitrogens with zero attached hydrogens (tertiary/aromatic N) is 4. The number of amides is 3. The predicted octanol–water partition coefficient (Wildman–Crippen LogP) is 3.19. The summed E-state index contributed by atoms with van der Waals surface area (Å²) < 4.78 is 0. The number of carbonyl (C=O) groups is 3. The molecule has 0 radical (unpaired) electrons. The van der Waals surface area contributed by atoms with Gasteiger partial charge in [-0.2, -0.15) is 0 Å². The van der Waals surface area contributed by atoms with Crippen molar-refractivity contribution in [2.75, 3.05) is 31.2 Å². The Morgan fingerprint density at radius 2 is 1.76 bits per heavy atom. The minimum atomic E-state index is -0.823. The Morgan fingerprint density at radius 1 is 1.11 bits per heavy atom. The molecule has 2 aromatic carbocycles. The summed E-state index contributed by atoms with van der Waals surface area (Å²) >= 11 is 0. The Bertz CT molecular complexity index is 1210. The number of nitro groups is 1. The Hall–Kier alpha value is -4.21. The van der Waals surface area contributed by atoms with Gasteiger partial charge in [-0.05, 0) is 62.1 Å². The number of nitrogens with one attached hydrogen (secondary N) is 1. The summed E-state index contributed by atoms with van der Waals surface area (Å²) in [6.07, 6.45) is 4.78. The van der Waals surface area contributed by atoms with Gasteiger partial charge in [0.1, 0.15) is 12.1 Å². The zero-order valence-corrected chi connectivity index (χ0v) is 21.7. The minimum Gasteiger partial charge on any atom is -0.352 e. The first-order chi connectivity index (χ1) is 18.2. The Morgan fingerprint density at radius 3 is 2.37 bits per heavy atom. The van der Waals surface area contributed by atoms with Crippen LogP contribution in [0.4, 0.5) is 11.4 Å². The van der Waals surface area contributed by atoms with E-state index in [0.717, 1.165) is 12.1 Å². The van der Waals surface area contributed by atoms with Crippen LogP contribution in [0.5, 0.6) is 0 Å². The number of carbonyl (C=O) groups excluding carboxylic acids is 3. The summed E-state index contributed by atoms with van der Waals surface area (Å²) in [7, 11) is 0. The van der Waals surface area contributed by atoms with Crippen molar-refractivity contribution in [2.45, 2.75) is 44.7 Å². The number of anilines is 1. The van der Waals surface area contributed by atoms with Crippen molar-refractivity contribution in [1.82, 2.24) is 15.1 Å². The Kier molecular flexibility index (Phi) is 8.09. The maximum Gasteiger partial charge on any atom is 0.269 e. The van der Waals surface area contributed by atoms with E-state index < -0.39 is 10.5 Å². The average Bonchev–Trinajstić information content (AvgIpc) is 3.18. The van der Waals surface area contributed by atoms with Crippen molar-refractivity contribution >= 4 is 35.2 Å². The van der Waals surface area contributed by atoms with Gasteiger partial charge in [0.05, 0.1) is 11.6 Å². The van der Waals surface area contributed by atoms with E-state index >= 15 is 0 Å². The molecule has 0 saturated carbocycles. The van der Waals surface area contributed by atoms with Crippen LogP contribution in [0.1, 0.15) is 38.7 Å². The summed E-state index contributed by atoms with van der Waals surface area (Å²) in [5, 5.41) is 13.8. The predicted molar refractivity (Wildman–Crippen MR) is 144 cm³/mol. The van der Waals surface area contributed by atoms with Crippen molar-refractivity contribution in [1.29, 1.82) is 0 Å². The zero-order valence-electron chi connectivity index (χ0n) is 21.7. The zero-order chi connectivity index (χ0) is 27.3. The molecule has 38 heavy (non-hydrogen) atoms. The topological polar surface area (TPSA) is 116 Å². The van der Waals surface area contributed by atoms with Crippen molar-refractivity contribution in [3.63, 3.8) is 0 Å². The molecule has 0 aromatic heterocycles. The molecule has 3 amide bonds. The van der Waals surface area contributed by atoms with E-state index in [1.165, 1.54) is 18.2 Å². The third-order valence-corrected chi connectivity index (χ3v) is 7.36. The lowest BCUT2D eigenvalue weighted by Crippen LogP contribution is -2.57. The third-order valence-electron chi connectivity index (χ3n) is 7.36. The number of hydrogen-bond donors (Lipinski definition) is 1. The molecule has 2 heterocycles. The van der Waals surface area contributed by atoms with E-state index in [9.17, 15) is 24.5 Å². The molecule has 2 saturated heterocycles. The first kappa shape index (κ1) is 26.8. The quantitative estimate of drug-likeness (QED) is 0.325. The highest BCUT2D eigenvalue weighted by atomic mass is 16.6. The van der Waals surface area contributed by atoms with E-state index in [4.69, 9.17) is 0 Å². The molecular formula is C28H33N5O5. The molecule has 10 heteroatoms.